The van der Waals surface area contributed by atoms with E-state index in [0.717, 1.165) is 6.54 Å². The van der Waals surface area contributed by atoms with Crippen LogP contribution in [0.3, 0.4) is 0 Å². The van der Waals surface area contributed by atoms with E-state index in [1.807, 2.05) is 0 Å². The molecule has 0 unspecified atom stereocenters. The Labute approximate surface area is 51.8 Å². The minimum absolute atomic E-state index is 1.02. The van der Waals surface area contributed by atoms with Crippen LogP contribution in [0.2, 0.25) is 0 Å². The molecule has 48 valence electrons. The van der Waals surface area contributed by atoms with Crippen molar-refractivity contribution in [3.8, 4) is 0 Å². The molecular weight excluding hydrogens is 98.1 g/mol. The summed E-state index contributed by atoms with van der Waals surface area (Å²) in [6.45, 7) is 9.44. The molecule has 0 aliphatic heterocycles. The molecule has 0 aromatic heterocycles. The molecule has 1 N–H and O–H groups in total. The number of nitrogens with one attached hydrogen (secondary N) is 1. The molecule has 0 rings (SSSR count). The zero-order valence-electron chi connectivity index (χ0n) is 6.21. The fourth-order valence-corrected chi connectivity index (χ4v) is 0.442. The number of allylic oxidation sites excluding steroid dienone is 2. The van der Waals surface area contributed by atoms with E-state index in [0.29, 0.717) is 0 Å². The van der Waals surface area contributed by atoms with E-state index >= 15 is 0 Å². The fourth-order valence-electron chi connectivity index (χ4n) is 0.442. The summed E-state index contributed by atoms with van der Waals surface area (Å²) in [6, 6.07) is 0. The van der Waals surface area contributed by atoms with Gasteiger partial charge in [0, 0.05) is 12.2 Å². The number of rotatable bonds is 2. The summed E-state index contributed by atoms with van der Waals surface area (Å²) in [5.74, 6) is 0. The van der Waals surface area contributed by atoms with Gasteiger partial charge in [-0.1, -0.05) is 5.57 Å². The molecule has 0 atom stereocenters. The lowest BCUT2D eigenvalue weighted by atomic mass is 10.3. The summed E-state index contributed by atoms with van der Waals surface area (Å²) in [4.78, 5) is 0. The molecule has 0 saturated carbocycles. The summed E-state index contributed by atoms with van der Waals surface area (Å²) >= 11 is 0. The van der Waals surface area contributed by atoms with Crippen LogP contribution in [0.25, 0.3) is 0 Å². The standard InChI is InChI=1S/C7H15N/c1-5-8-7(4)6(2)3/h8H,5H2,1-4H3. The molecule has 0 aliphatic carbocycles. The molecule has 0 spiro atoms. The lowest BCUT2D eigenvalue weighted by Gasteiger charge is -2.03. The van der Waals surface area contributed by atoms with Crippen LogP contribution in [0.4, 0.5) is 0 Å². The predicted octanol–water partition coefficient (Wildman–Crippen LogP) is 1.91. The van der Waals surface area contributed by atoms with E-state index in [1.165, 1.54) is 11.3 Å². The maximum absolute atomic E-state index is 3.22. The van der Waals surface area contributed by atoms with E-state index in [4.69, 9.17) is 0 Å². The Morgan fingerprint density at radius 1 is 1.25 bits per heavy atom. The molecule has 1 nitrogen and oxygen atoms in total. The number of hydrogen-bond donors (Lipinski definition) is 1. The molecule has 0 bridgehead atoms. The topological polar surface area (TPSA) is 12.0 Å². The van der Waals surface area contributed by atoms with Crippen molar-refractivity contribution in [2.45, 2.75) is 27.7 Å². The van der Waals surface area contributed by atoms with Crippen molar-refractivity contribution in [2.75, 3.05) is 6.54 Å². The largest absolute Gasteiger partial charge is 0.389 e. The third kappa shape index (κ3) is 2.67. The second kappa shape index (κ2) is 3.53. The van der Waals surface area contributed by atoms with Crippen LogP contribution in [0.1, 0.15) is 27.7 Å². The monoisotopic (exact) mass is 113 g/mol. The third-order valence-corrected chi connectivity index (χ3v) is 1.19. The molecule has 0 radical (unpaired) electrons. The Morgan fingerprint density at radius 3 is 1.88 bits per heavy atom. The Bertz CT molecular complexity index is 88.6. The van der Waals surface area contributed by atoms with E-state index in [-0.39, 0.29) is 0 Å². The van der Waals surface area contributed by atoms with Crippen LogP contribution >= 0.6 is 0 Å². The van der Waals surface area contributed by atoms with Crippen molar-refractivity contribution < 1.29 is 0 Å². The average Bonchev–Trinajstić information content (AvgIpc) is 1.67. The van der Waals surface area contributed by atoms with Crippen LogP contribution in [0.5, 0.6) is 0 Å². The summed E-state index contributed by atoms with van der Waals surface area (Å²) in [6.07, 6.45) is 0. The van der Waals surface area contributed by atoms with E-state index in [9.17, 15) is 0 Å². The second-order valence-corrected chi connectivity index (χ2v) is 2.16. The normalized spacial score (nSPS) is 8.50. The predicted molar refractivity (Wildman–Crippen MR) is 37.7 cm³/mol. The Kier molecular flexibility index (Phi) is 3.33. The highest BCUT2D eigenvalue weighted by atomic mass is 14.9. The van der Waals surface area contributed by atoms with Crippen molar-refractivity contribution in [1.82, 2.24) is 5.32 Å². The first kappa shape index (κ1) is 7.54. The van der Waals surface area contributed by atoms with Gasteiger partial charge < -0.3 is 5.32 Å². The van der Waals surface area contributed by atoms with Gasteiger partial charge in [-0.3, -0.25) is 0 Å². The maximum Gasteiger partial charge on any atom is 0.0115 e. The molecule has 0 aliphatic rings. The van der Waals surface area contributed by atoms with Crippen molar-refractivity contribution >= 4 is 0 Å². The van der Waals surface area contributed by atoms with Gasteiger partial charge in [-0.25, -0.2) is 0 Å². The van der Waals surface area contributed by atoms with Gasteiger partial charge in [0.25, 0.3) is 0 Å². The molecule has 0 aromatic carbocycles. The van der Waals surface area contributed by atoms with Gasteiger partial charge in [-0.15, -0.1) is 0 Å². The lowest BCUT2D eigenvalue weighted by Crippen LogP contribution is -2.10. The smallest absolute Gasteiger partial charge is 0.0115 e. The van der Waals surface area contributed by atoms with Crippen molar-refractivity contribution in [2.24, 2.45) is 0 Å². The van der Waals surface area contributed by atoms with Crippen molar-refractivity contribution in [3.05, 3.63) is 11.3 Å². The van der Waals surface area contributed by atoms with Crippen LogP contribution in [0.15, 0.2) is 11.3 Å². The highest BCUT2D eigenvalue weighted by molar-refractivity contribution is 5.03. The summed E-state index contributed by atoms with van der Waals surface area (Å²) in [7, 11) is 0. The average molecular weight is 113 g/mol. The van der Waals surface area contributed by atoms with Crippen molar-refractivity contribution in [1.29, 1.82) is 0 Å². The zero-order chi connectivity index (χ0) is 6.57. The van der Waals surface area contributed by atoms with Gasteiger partial charge in [0.05, 0.1) is 0 Å². The lowest BCUT2D eigenvalue weighted by molar-refractivity contribution is 0.838. The molecule has 0 aromatic rings. The number of hydrogen-bond acceptors (Lipinski definition) is 1. The molecule has 0 saturated heterocycles. The van der Waals surface area contributed by atoms with Gasteiger partial charge in [-0.05, 0) is 27.7 Å². The van der Waals surface area contributed by atoms with Gasteiger partial charge in [0.15, 0.2) is 0 Å². The van der Waals surface area contributed by atoms with Gasteiger partial charge in [0.1, 0.15) is 0 Å². The van der Waals surface area contributed by atoms with Gasteiger partial charge in [-0.2, -0.15) is 0 Å². The van der Waals surface area contributed by atoms with Crippen LogP contribution in [-0.4, -0.2) is 6.54 Å². The first-order valence-electron chi connectivity index (χ1n) is 3.06. The zero-order valence-corrected chi connectivity index (χ0v) is 6.21. The first-order chi connectivity index (χ1) is 3.68. The molecule has 0 amide bonds. The molecule has 0 fully saturated rings. The summed E-state index contributed by atoms with van der Waals surface area (Å²) in [5, 5.41) is 3.22. The van der Waals surface area contributed by atoms with Gasteiger partial charge in [0.2, 0.25) is 0 Å². The molecule has 1 heteroatoms. The Hall–Kier alpha value is -0.460. The van der Waals surface area contributed by atoms with E-state index in [2.05, 4.69) is 33.0 Å². The minimum atomic E-state index is 1.02. The van der Waals surface area contributed by atoms with Crippen LogP contribution in [0, 0.1) is 0 Å². The quantitative estimate of drug-likeness (QED) is 0.576. The van der Waals surface area contributed by atoms with Crippen LogP contribution in [-0.2, 0) is 0 Å². The van der Waals surface area contributed by atoms with Crippen molar-refractivity contribution in [3.63, 3.8) is 0 Å². The third-order valence-electron chi connectivity index (χ3n) is 1.19. The Balaban J connectivity index is 3.62. The highest BCUT2D eigenvalue weighted by Crippen LogP contribution is 1.95. The minimum Gasteiger partial charge on any atom is -0.389 e. The second-order valence-electron chi connectivity index (χ2n) is 2.16. The molecule has 0 heterocycles. The summed E-state index contributed by atoms with van der Waals surface area (Å²) in [5.41, 5.74) is 2.67. The first-order valence-corrected chi connectivity index (χ1v) is 3.06. The van der Waals surface area contributed by atoms with Gasteiger partial charge >= 0.3 is 0 Å². The Morgan fingerprint density at radius 2 is 1.75 bits per heavy atom. The van der Waals surface area contributed by atoms with Crippen LogP contribution < -0.4 is 5.32 Å². The molecule has 8 heavy (non-hydrogen) atoms. The summed E-state index contributed by atoms with van der Waals surface area (Å²) < 4.78 is 0. The molecular formula is C7H15N. The highest BCUT2D eigenvalue weighted by Gasteiger charge is 1.84. The SMILES string of the molecule is CCNC(C)=C(C)C. The van der Waals surface area contributed by atoms with E-state index in [1.54, 1.807) is 0 Å². The fraction of sp³-hybridized carbons (Fsp3) is 0.714. The maximum atomic E-state index is 3.22. The van der Waals surface area contributed by atoms with E-state index < -0.39 is 0 Å².